The van der Waals surface area contributed by atoms with E-state index in [1.54, 1.807) is 27.8 Å². The number of aromatic nitrogens is 5. The van der Waals surface area contributed by atoms with Crippen molar-refractivity contribution in [3.05, 3.63) is 65.5 Å². The molecule has 2 atom stereocenters. The minimum absolute atomic E-state index is 0.0141. The first-order valence-corrected chi connectivity index (χ1v) is 11.1. The molecule has 10 heteroatoms. The maximum atomic E-state index is 13.4. The molecule has 1 aliphatic heterocycles. The van der Waals surface area contributed by atoms with E-state index >= 15 is 0 Å². The molecule has 1 aliphatic rings. The van der Waals surface area contributed by atoms with Gasteiger partial charge in [-0.05, 0) is 39.0 Å². The first-order valence-electron chi connectivity index (χ1n) is 11.1. The normalized spacial score (nSPS) is 17.2. The van der Waals surface area contributed by atoms with Gasteiger partial charge in [0.25, 0.3) is 5.91 Å². The molecule has 1 saturated heterocycles. The monoisotopic (exact) mass is 464 g/mol. The largest absolute Gasteiger partial charge is 0.468 e. The quantitative estimate of drug-likeness (QED) is 0.485. The van der Waals surface area contributed by atoms with Crippen molar-refractivity contribution in [3.63, 3.8) is 0 Å². The van der Waals surface area contributed by atoms with Crippen molar-refractivity contribution in [2.24, 2.45) is 0 Å². The molecular formula is C24H25FN6O3. The van der Waals surface area contributed by atoms with Crippen LogP contribution in [0.25, 0.3) is 16.9 Å². The summed E-state index contributed by atoms with van der Waals surface area (Å²) >= 11 is 0. The van der Waals surface area contributed by atoms with Crippen LogP contribution >= 0.6 is 0 Å². The molecule has 34 heavy (non-hydrogen) atoms. The molecule has 5 heterocycles. The average molecular weight is 465 g/mol. The third kappa shape index (κ3) is 4.24. The zero-order chi connectivity index (χ0) is 23.8. The Morgan fingerprint density at radius 2 is 2.18 bits per heavy atom. The zero-order valence-corrected chi connectivity index (χ0v) is 19.2. The summed E-state index contributed by atoms with van der Waals surface area (Å²) in [6, 6.07) is 8.35. The van der Waals surface area contributed by atoms with E-state index in [4.69, 9.17) is 14.5 Å². The van der Waals surface area contributed by atoms with Crippen molar-refractivity contribution >= 4 is 16.9 Å². The van der Waals surface area contributed by atoms with Crippen LogP contribution in [0.5, 0.6) is 5.88 Å². The Labute approximate surface area is 195 Å². The van der Waals surface area contributed by atoms with Crippen molar-refractivity contribution in [1.82, 2.24) is 29.6 Å². The van der Waals surface area contributed by atoms with Crippen LogP contribution in [0.3, 0.4) is 0 Å². The van der Waals surface area contributed by atoms with Gasteiger partial charge in [-0.1, -0.05) is 0 Å². The maximum absolute atomic E-state index is 13.4. The van der Waals surface area contributed by atoms with E-state index in [-0.39, 0.29) is 12.0 Å². The molecule has 9 nitrogen and oxygen atoms in total. The maximum Gasteiger partial charge on any atom is 0.256 e. The smallest absolute Gasteiger partial charge is 0.256 e. The van der Waals surface area contributed by atoms with Crippen LogP contribution in [0.2, 0.25) is 0 Å². The number of carbonyl (C=O) groups excluding carboxylic acids is 1. The highest BCUT2D eigenvalue weighted by atomic mass is 19.1. The topological polar surface area (TPSA) is 98.2 Å². The zero-order valence-electron chi connectivity index (χ0n) is 19.2. The fourth-order valence-electron chi connectivity index (χ4n) is 4.06. The second kappa shape index (κ2) is 8.86. The molecule has 4 aromatic heterocycles. The summed E-state index contributed by atoms with van der Waals surface area (Å²) in [6.07, 6.45) is 2.46. The van der Waals surface area contributed by atoms with Gasteiger partial charge in [0.2, 0.25) is 5.88 Å². The number of aromatic amines is 1. The molecule has 5 rings (SSSR count). The minimum Gasteiger partial charge on any atom is -0.468 e. The van der Waals surface area contributed by atoms with E-state index in [0.29, 0.717) is 53.7 Å². The number of rotatable bonds is 5. The standard InChI is InChI=1S/C24H25FN6O3/c1-14-10-21(29-28-14)31-13-19(24(32)30-8-9-33-15(2)12-30)18-5-7-22(27-23(18)31)34-16(3)20-6-4-17(25)11-26-20/h4-7,10-11,13,15-16H,8-9,12H2,1-3H3,(H,28,29)/t15-,16?/m0/s1. The number of hydrogen-bond donors (Lipinski definition) is 1. The average Bonchev–Trinajstić information content (AvgIpc) is 3.42. The van der Waals surface area contributed by atoms with Gasteiger partial charge >= 0.3 is 0 Å². The number of aryl methyl sites for hydroxylation is 1. The highest BCUT2D eigenvalue weighted by Gasteiger charge is 2.27. The van der Waals surface area contributed by atoms with Gasteiger partial charge in [0, 0.05) is 42.5 Å². The van der Waals surface area contributed by atoms with Gasteiger partial charge in [-0.2, -0.15) is 10.1 Å². The van der Waals surface area contributed by atoms with E-state index in [1.807, 2.05) is 32.9 Å². The highest BCUT2D eigenvalue weighted by molar-refractivity contribution is 6.06. The van der Waals surface area contributed by atoms with Crippen LogP contribution in [-0.2, 0) is 4.74 Å². The minimum atomic E-state index is -0.447. The summed E-state index contributed by atoms with van der Waals surface area (Å²) in [5.74, 6) is 0.492. The third-order valence-corrected chi connectivity index (χ3v) is 5.79. The third-order valence-electron chi connectivity index (χ3n) is 5.79. The van der Waals surface area contributed by atoms with E-state index in [9.17, 15) is 9.18 Å². The van der Waals surface area contributed by atoms with Gasteiger partial charge in [-0.25, -0.2) is 4.39 Å². The van der Waals surface area contributed by atoms with Crippen LogP contribution in [0.15, 0.2) is 42.7 Å². The van der Waals surface area contributed by atoms with Crippen molar-refractivity contribution in [2.45, 2.75) is 33.0 Å². The molecule has 176 valence electrons. The predicted octanol–water partition coefficient (Wildman–Crippen LogP) is 3.59. The summed E-state index contributed by atoms with van der Waals surface area (Å²) in [5.41, 5.74) is 2.55. The Morgan fingerprint density at radius 3 is 2.88 bits per heavy atom. The molecule has 4 aromatic rings. The first kappa shape index (κ1) is 22.0. The van der Waals surface area contributed by atoms with Crippen LogP contribution in [0.1, 0.15) is 41.7 Å². The Morgan fingerprint density at radius 1 is 1.32 bits per heavy atom. The number of hydrogen-bond acceptors (Lipinski definition) is 6. The van der Waals surface area contributed by atoms with Crippen LogP contribution in [0, 0.1) is 12.7 Å². The van der Waals surface area contributed by atoms with Crippen molar-refractivity contribution in [3.8, 4) is 11.7 Å². The van der Waals surface area contributed by atoms with E-state index in [2.05, 4.69) is 15.2 Å². The van der Waals surface area contributed by atoms with Gasteiger partial charge in [0.05, 0.1) is 30.2 Å². The molecule has 0 aromatic carbocycles. The number of H-pyrrole nitrogens is 1. The lowest BCUT2D eigenvalue weighted by Crippen LogP contribution is -2.44. The molecular weight excluding hydrogens is 439 g/mol. The van der Waals surface area contributed by atoms with Gasteiger partial charge in [-0.3, -0.25) is 19.4 Å². The number of morpholine rings is 1. The summed E-state index contributed by atoms with van der Waals surface area (Å²) in [5, 5.41) is 7.98. The lowest BCUT2D eigenvalue weighted by Gasteiger charge is -2.31. The molecule has 1 amide bonds. The van der Waals surface area contributed by atoms with Crippen molar-refractivity contribution < 1.29 is 18.7 Å². The van der Waals surface area contributed by atoms with E-state index in [1.165, 1.54) is 6.07 Å². The summed E-state index contributed by atoms with van der Waals surface area (Å²) in [6.45, 7) is 7.25. The molecule has 1 unspecified atom stereocenters. The Kier molecular flexibility index (Phi) is 5.74. The number of ether oxygens (including phenoxy) is 2. The number of amides is 1. The number of halogens is 1. The van der Waals surface area contributed by atoms with Gasteiger partial charge < -0.3 is 14.4 Å². The van der Waals surface area contributed by atoms with Crippen molar-refractivity contribution in [2.75, 3.05) is 19.7 Å². The fraction of sp³-hybridized carbons (Fsp3) is 0.333. The van der Waals surface area contributed by atoms with Crippen molar-refractivity contribution in [1.29, 1.82) is 0 Å². The number of nitrogens with one attached hydrogen (secondary N) is 1. The van der Waals surface area contributed by atoms with Gasteiger partial charge in [0.1, 0.15) is 11.9 Å². The van der Waals surface area contributed by atoms with E-state index < -0.39 is 11.9 Å². The molecule has 0 spiro atoms. The Balaban J connectivity index is 1.53. The number of carbonyl (C=O) groups is 1. The molecule has 0 radical (unpaired) electrons. The van der Waals surface area contributed by atoms with Crippen LogP contribution in [-0.4, -0.2) is 61.3 Å². The van der Waals surface area contributed by atoms with Crippen LogP contribution in [0.4, 0.5) is 4.39 Å². The summed E-state index contributed by atoms with van der Waals surface area (Å²) in [7, 11) is 0. The molecule has 0 saturated carbocycles. The lowest BCUT2D eigenvalue weighted by molar-refractivity contribution is -0.0123. The van der Waals surface area contributed by atoms with E-state index in [0.717, 1.165) is 11.9 Å². The highest BCUT2D eigenvalue weighted by Crippen LogP contribution is 2.28. The molecule has 1 fully saturated rings. The van der Waals surface area contributed by atoms with Gasteiger partial charge in [-0.15, -0.1) is 0 Å². The molecule has 1 N–H and O–H groups in total. The molecule has 0 bridgehead atoms. The lowest BCUT2D eigenvalue weighted by atomic mass is 10.1. The number of nitrogens with zero attached hydrogens (tertiary/aromatic N) is 5. The second-order valence-electron chi connectivity index (χ2n) is 8.44. The van der Waals surface area contributed by atoms with Gasteiger partial charge in [0.15, 0.2) is 11.5 Å². The first-order chi connectivity index (χ1) is 16.4. The SMILES string of the molecule is Cc1cc(-n2cc(C(=O)N3CCO[C@@H](C)C3)c3ccc(OC(C)c4ccc(F)cn4)nc32)n[nH]1. The summed E-state index contributed by atoms with van der Waals surface area (Å²) < 4.78 is 26.6. The second-order valence-corrected chi connectivity index (χ2v) is 8.44. The Hall–Kier alpha value is -3.79. The number of pyridine rings is 2. The molecule has 0 aliphatic carbocycles. The summed E-state index contributed by atoms with van der Waals surface area (Å²) in [4.78, 5) is 24.0. The van der Waals surface area contributed by atoms with Crippen LogP contribution < -0.4 is 4.74 Å². The number of fused-ring (bicyclic) bond motifs is 1. The Bertz CT molecular complexity index is 1330. The predicted molar refractivity (Wildman–Crippen MR) is 123 cm³/mol. The fourth-order valence-corrected chi connectivity index (χ4v) is 4.06.